The third-order valence-electron chi connectivity index (χ3n) is 9.26. The van der Waals surface area contributed by atoms with Gasteiger partial charge in [-0.05, 0) is 56.6 Å². The maximum absolute atomic E-state index is 10.7. The average molecular weight is 546 g/mol. The lowest BCUT2D eigenvalue weighted by Crippen LogP contribution is -2.45. The van der Waals surface area contributed by atoms with E-state index in [2.05, 4.69) is 29.7 Å². The SMILES string of the molecule is C[C@@H]1CCC[C@@H](n2cnc3cc(-c4nc(N5CC[C@H](CO)[C@@H](O)C5)nc5c4ncn5C4CCCCO4)ccc32)C1. The van der Waals surface area contributed by atoms with E-state index >= 15 is 0 Å². The number of benzene rings is 1. The van der Waals surface area contributed by atoms with Crippen molar-refractivity contribution < 1.29 is 14.9 Å². The maximum Gasteiger partial charge on any atom is 0.228 e. The molecule has 0 amide bonds. The number of rotatable bonds is 5. The molecule has 0 bridgehead atoms. The number of aliphatic hydroxyl groups excluding tert-OH is 2. The van der Waals surface area contributed by atoms with Crippen molar-refractivity contribution in [3.63, 3.8) is 0 Å². The third kappa shape index (κ3) is 4.65. The normalized spacial score (nSPS) is 28.0. The number of aromatic nitrogens is 6. The standard InChI is InChI=1S/C30H39N7O3/c1-19-5-4-6-22(13-19)36-17-31-23-14-20(8-9-24(23)36)27-28-29(37(18-32-28)26-7-2-3-12-40-26)34-30(33-27)35-11-10-21(16-38)25(39)15-35/h8-9,14,17-19,21-22,25-26,38-39H,2-7,10-13,15-16H2,1H3/t19-,21-,22-,25+,26?/m1/s1. The van der Waals surface area contributed by atoms with Gasteiger partial charge in [-0.25, -0.2) is 15.0 Å². The molecule has 10 heteroatoms. The van der Waals surface area contributed by atoms with Gasteiger partial charge in [0.05, 0.1) is 29.8 Å². The Morgan fingerprint density at radius 1 is 1.00 bits per heavy atom. The number of piperidine rings is 1. The van der Waals surface area contributed by atoms with E-state index in [1.54, 1.807) is 0 Å². The van der Waals surface area contributed by atoms with Crippen LogP contribution in [0.5, 0.6) is 0 Å². The Morgan fingerprint density at radius 2 is 1.90 bits per heavy atom. The fourth-order valence-electron chi connectivity index (χ4n) is 6.90. The zero-order valence-corrected chi connectivity index (χ0v) is 23.2. The van der Waals surface area contributed by atoms with Crippen LogP contribution in [-0.4, -0.2) is 71.7 Å². The highest BCUT2D eigenvalue weighted by Crippen LogP contribution is 2.36. The van der Waals surface area contributed by atoms with Crippen molar-refractivity contribution in [1.82, 2.24) is 29.1 Å². The molecule has 1 aromatic carbocycles. The molecule has 3 fully saturated rings. The lowest BCUT2D eigenvalue weighted by molar-refractivity contribution is -0.0298. The number of hydrogen-bond donors (Lipinski definition) is 2. The highest BCUT2D eigenvalue weighted by Gasteiger charge is 2.30. The number of β-amino-alcohol motifs (C(OH)–C–C–N with tert-alkyl or cyclic N) is 1. The summed E-state index contributed by atoms with van der Waals surface area (Å²) in [6.45, 7) is 4.12. The van der Waals surface area contributed by atoms with Crippen molar-refractivity contribution in [3.8, 4) is 11.3 Å². The lowest BCUT2D eigenvalue weighted by Gasteiger charge is -2.35. The highest BCUT2D eigenvalue weighted by molar-refractivity contribution is 5.91. The Labute approximate surface area is 234 Å². The number of ether oxygens (including phenoxy) is 1. The molecule has 1 unspecified atom stereocenters. The van der Waals surface area contributed by atoms with Gasteiger partial charge in [0, 0.05) is 43.8 Å². The predicted octanol–water partition coefficient (Wildman–Crippen LogP) is 4.47. The van der Waals surface area contributed by atoms with E-state index in [9.17, 15) is 10.2 Å². The molecule has 4 aromatic rings. The number of nitrogens with zero attached hydrogens (tertiary/aromatic N) is 7. The molecule has 40 heavy (non-hydrogen) atoms. The number of aliphatic hydroxyl groups is 2. The summed E-state index contributed by atoms with van der Waals surface area (Å²) in [6, 6.07) is 6.91. The van der Waals surface area contributed by atoms with Gasteiger partial charge in [-0.2, -0.15) is 4.98 Å². The van der Waals surface area contributed by atoms with Gasteiger partial charge in [-0.1, -0.05) is 25.8 Å². The first-order valence-electron chi connectivity index (χ1n) is 15.0. The lowest BCUT2D eigenvalue weighted by atomic mass is 9.87. The Hall–Kier alpha value is -3.08. The topological polar surface area (TPSA) is 114 Å². The number of hydrogen-bond acceptors (Lipinski definition) is 8. The second kappa shape index (κ2) is 10.7. The van der Waals surface area contributed by atoms with Crippen molar-refractivity contribution in [1.29, 1.82) is 0 Å². The Bertz CT molecular complexity index is 1490. The van der Waals surface area contributed by atoms with E-state index in [0.717, 1.165) is 65.2 Å². The number of imidazole rings is 2. The summed E-state index contributed by atoms with van der Waals surface area (Å²) >= 11 is 0. The van der Waals surface area contributed by atoms with Gasteiger partial charge < -0.3 is 24.4 Å². The second-order valence-corrected chi connectivity index (χ2v) is 12.0. The summed E-state index contributed by atoms with van der Waals surface area (Å²) in [5.74, 6) is 1.19. The fraction of sp³-hybridized carbons (Fsp3) is 0.600. The molecule has 1 saturated carbocycles. The first kappa shape index (κ1) is 25.9. The summed E-state index contributed by atoms with van der Waals surface area (Å²) in [7, 11) is 0. The number of fused-ring (bicyclic) bond motifs is 2. The zero-order valence-electron chi connectivity index (χ0n) is 23.2. The van der Waals surface area contributed by atoms with E-state index < -0.39 is 6.10 Å². The minimum absolute atomic E-state index is 0.0155. The monoisotopic (exact) mass is 545 g/mol. The molecule has 212 valence electrons. The highest BCUT2D eigenvalue weighted by atomic mass is 16.5. The van der Waals surface area contributed by atoms with Gasteiger partial charge in [-0.15, -0.1) is 0 Å². The van der Waals surface area contributed by atoms with Crippen LogP contribution in [0.3, 0.4) is 0 Å². The van der Waals surface area contributed by atoms with Crippen LogP contribution in [0, 0.1) is 11.8 Å². The van der Waals surface area contributed by atoms with Gasteiger partial charge in [-0.3, -0.25) is 4.57 Å². The maximum atomic E-state index is 10.7. The van der Waals surface area contributed by atoms with Crippen molar-refractivity contribution in [2.24, 2.45) is 11.8 Å². The van der Waals surface area contributed by atoms with E-state index in [-0.39, 0.29) is 18.8 Å². The molecule has 5 atom stereocenters. The van der Waals surface area contributed by atoms with Crippen LogP contribution in [0.25, 0.3) is 33.5 Å². The minimum Gasteiger partial charge on any atom is -0.396 e. The van der Waals surface area contributed by atoms with Gasteiger partial charge >= 0.3 is 0 Å². The summed E-state index contributed by atoms with van der Waals surface area (Å²) < 4.78 is 10.5. The second-order valence-electron chi connectivity index (χ2n) is 12.0. The van der Waals surface area contributed by atoms with Crippen LogP contribution < -0.4 is 4.90 Å². The van der Waals surface area contributed by atoms with Crippen LogP contribution in [-0.2, 0) is 4.74 Å². The summed E-state index contributed by atoms with van der Waals surface area (Å²) in [5.41, 5.74) is 5.30. The van der Waals surface area contributed by atoms with Gasteiger partial charge in [0.25, 0.3) is 0 Å². The van der Waals surface area contributed by atoms with E-state index in [1.165, 1.54) is 25.7 Å². The molecule has 2 aliphatic heterocycles. The molecule has 3 aromatic heterocycles. The zero-order chi connectivity index (χ0) is 27.2. The third-order valence-corrected chi connectivity index (χ3v) is 9.26. The molecule has 0 spiro atoms. The first-order chi connectivity index (χ1) is 19.6. The van der Waals surface area contributed by atoms with Crippen LogP contribution in [0.2, 0.25) is 0 Å². The predicted molar refractivity (Wildman–Crippen MR) is 153 cm³/mol. The quantitative estimate of drug-likeness (QED) is 0.378. The molecule has 0 radical (unpaired) electrons. The van der Waals surface area contributed by atoms with Crippen molar-refractivity contribution >= 4 is 28.1 Å². The largest absolute Gasteiger partial charge is 0.396 e. The van der Waals surface area contributed by atoms with Crippen molar-refractivity contribution in [3.05, 3.63) is 30.9 Å². The summed E-state index contributed by atoms with van der Waals surface area (Å²) in [5, 5.41) is 20.3. The number of anilines is 1. The molecule has 3 aliphatic rings. The van der Waals surface area contributed by atoms with Gasteiger partial charge in [0.15, 0.2) is 5.65 Å². The van der Waals surface area contributed by atoms with Crippen molar-refractivity contribution in [2.75, 3.05) is 31.2 Å². The first-order valence-corrected chi connectivity index (χ1v) is 15.0. The minimum atomic E-state index is -0.629. The smallest absolute Gasteiger partial charge is 0.228 e. The van der Waals surface area contributed by atoms with Gasteiger partial charge in [0.2, 0.25) is 5.95 Å². The molecular formula is C30H39N7O3. The van der Waals surface area contributed by atoms with Gasteiger partial charge in [0.1, 0.15) is 17.4 Å². The van der Waals surface area contributed by atoms with E-state index in [1.807, 2.05) is 22.1 Å². The molecule has 10 nitrogen and oxygen atoms in total. The fourth-order valence-corrected chi connectivity index (χ4v) is 6.90. The Morgan fingerprint density at radius 3 is 2.70 bits per heavy atom. The van der Waals surface area contributed by atoms with E-state index in [0.29, 0.717) is 31.5 Å². The van der Waals surface area contributed by atoms with Crippen LogP contribution in [0.4, 0.5) is 5.95 Å². The van der Waals surface area contributed by atoms with E-state index in [4.69, 9.17) is 24.7 Å². The molecule has 7 rings (SSSR count). The van der Waals surface area contributed by atoms with Crippen LogP contribution in [0.1, 0.15) is 70.6 Å². The summed E-state index contributed by atoms with van der Waals surface area (Å²) in [6.07, 6.45) is 11.9. The molecular weight excluding hydrogens is 506 g/mol. The van der Waals surface area contributed by atoms with Crippen molar-refractivity contribution in [2.45, 2.75) is 76.7 Å². The molecule has 5 heterocycles. The average Bonchev–Trinajstić information content (AvgIpc) is 3.61. The molecule has 1 aliphatic carbocycles. The van der Waals surface area contributed by atoms with Crippen LogP contribution in [0.15, 0.2) is 30.9 Å². The Kier molecular flexibility index (Phi) is 6.93. The summed E-state index contributed by atoms with van der Waals surface area (Å²) in [4.78, 5) is 21.7. The molecule has 2 saturated heterocycles. The molecule has 2 N–H and O–H groups in total. The van der Waals surface area contributed by atoms with Crippen LogP contribution >= 0.6 is 0 Å². The Balaban J connectivity index is 1.30.